The highest BCUT2D eigenvalue weighted by Crippen LogP contribution is 2.21. The zero-order valence-corrected chi connectivity index (χ0v) is 16.4. The molecule has 0 aliphatic rings. The molecule has 154 valence electrons. The van der Waals surface area contributed by atoms with Gasteiger partial charge < -0.3 is 10.1 Å². The van der Waals surface area contributed by atoms with Crippen LogP contribution in [0.1, 0.15) is 16.1 Å². The van der Waals surface area contributed by atoms with Crippen molar-refractivity contribution in [2.24, 2.45) is 0 Å². The Balaban J connectivity index is 1.41. The topological polar surface area (TPSA) is 73.2 Å². The van der Waals surface area contributed by atoms with Crippen molar-refractivity contribution in [1.29, 1.82) is 0 Å². The smallest absolute Gasteiger partial charge is 0.272 e. The number of rotatable bonds is 6. The van der Waals surface area contributed by atoms with E-state index < -0.39 is 17.3 Å². The van der Waals surface area contributed by atoms with Crippen LogP contribution in [0.25, 0.3) is 5.69 Å². The highest BCUT2D eigenvalue weighted by Gasteiger charge is 2.11. The maximum Gasteiger partial charge on any atom is 0.272 e. The lowest BCUT2D eigenvalue weighted by Crippen LogP contribution is -2.28. The van der Waals surface area contributed by atoms with Crippen molar-refractivity contribution >= 4 is 5.91 Å². The lowest BCUT2D eigenvalue weighted by Gasteiger charge is -2.09. The molecular weight excluding hydrogens is 397 g/mol. The highest BCUT2D eigenvalue weighted by atomic mass is 19.1. The molecule has 1 heterocycles. The number of nitrogens with zero attached hydrogens (tertiary/aromatic N) is 2. The van der Waals surface area contributed by atoms with Crippen molar-refractivity contribution in [3.63, 3.8) is 0 Å². The van der Waals surface area contributed by atoms with Crippen LogP contribution in [0.2, 0.25) is 0 Å². The third kappa shape index (κ3) is 5.02. The summed E-state index contributed by atoms with van der Waals surface area (Å²) >= 11 is 0. The molecule has 1 amide bonds. The van der Waals surface area contributed by atoms with E-state index in [1.54, 1.807) is 0 Å². The maximum atomic E-state index is 13.1. The van der Waals surface area contributed by atoms with Crippen LogP contribution in [0.3, 0.4) is 0 Å². The molecule has 0 radical (unpaired) electrons. The number of hydrogen-bond donors (Lipinski definition) is 1. The van der Waals surface area contributed by atoms with E-state index in [4.69, 9.17) is 4.74 Å². The maximum absolute atomic E-state index is 13.1. The lowest BCUT2D eigenvalue weighted by atomic mass is 10.2. The van der Waals surface area contributed by atoms with Crippen LogP contribution >= 0.6 is 0 Å². The van der Waals surface area contributed by atoms with Gasteiger partial charge in [-0.25, -0.2) is 4.39 Å². The van der Waals surface area contributed by atoms with Gasteiger partial charge in [0.25, 0.3) is 11.5 Å². The van der Waals surface area contributed by atoms with E-state index in [1.807, 2.05) is 54.6 Å². The van der Waals surface area contributed by atoms with E-state index in [0.29, 0.717) is 11.4 Å². The van der Waals surface area contributed by atoms with Crippen LogP contribution in [0.15, 0.2) is 95.8 Å². The summed E-state index contributed by atoms with van der Waals surface area (Å²) in [6.45, 7) is 0.280. The quantitative estimate of drug-likeness (QED) is 0.515. The first-order valence-electron chi connectivity index (χ1n) is 9.55. The van der Waals surface area contributed by atoms with E-state index in [-0.39, 0.29) is 12.2 Å². The lowest BCUT2D eigenvalue weighted by molar-refractivity contribution is 0.0944. The molecule has 4 rings (SSSR count). The Morgan fingerprint density at radius 2 is 1.55 bits per heavy atom. The minimum atomic E-state index is -0.430. The average Bonchev–Trinajstić information content (AvgIpc) is 2.80. The molecule has 0 spiro atoms. The summed E-state index contributed by atoms with van der Waals surface area (Å²) in [5.74, 6) is 0.576. The molecule has 0 aliphatic carbocycles. The van der Waals surface area contributed by atoms with Gasteiger partial charge in [0.1, 0.15) is 23.0 Å². The molecule has 6 nitrogen and oxygen atoms in total. The van der Waals surface area contributed by atoms with Gasteiger partial charge in [-0.2, -0.15) is 9.78 Å². The molecular formula is C24H18FN3O3. The monoisotopic (exact) mass is 415 g/mol. The van der Waals surface area contributed by atoms with Crippen LogP contribution < -0.4 is 15.6 Å². The van der Waals surface area contributed by atoms with Gasteiger partial charge in [0.2, 0.25) is 0 Å². The molecule has 7 heteroatoms. The Kier molecular flexibility index (Phi) is 5.84. The zero-order valence-electron chi connectivity index (χ0n) is 16.4. The normalized spacial score (nSPS) is 10.5. The van der Waals surface area contributed by atoms with Crippen molar-refractivity contribution in [1.82, 2.24) is 15.1 Å². The van der Waals surface area contributed by atoms with E-state index in [9.17, 15) is 14.0 Å². The summed E-state index contributed by atoms with van der Waals surface area (Å²) in [5, 5.41) is 6.87. The summed E-state index contributed by atoms with van der Waals surface area (Å²) in [5.41, 5.74) is 0.904. The number of para-hydroxylation sites is 1. The summed E-state index contributed by atoms with van der Waals surface area (Å²) in [6, 6.07) is 24.7. The summed E-state index contributed by atoms with van der Waals surface area (Å²) in [7, 11) is 0. The van der Waals surface area contributed by atoms with Crippen molar-refractivity contribution in [2.75, 3.05) is 0 Å². The molecule has 1 N–H and O–H groups in total. The number of hydrogen-bond acceptors (Lipinski definition) is 4. The average molecular weight is 415 g/mol. The van der Waals surface area contributed by atoms with Gasteiger partial charge in [0, 0.05) is 12.6 Å². The Morgan fingerprint density at radius 3 is 2.26 bits per heavy atom. The predicted octanol–water partition coefficient (Wildman–Crippen LogP) is 4.09. The molecule has 0 saturated heterocycles. The Labute approximate surface area is 177 Å². The molecule has 0 bridgehead atoms. The zero-order chi connectivity index (χ0) is 21.6. The number of benzene rings is 3. The van der Waals surface area contributed by atoms with E-state index >= 15 is 0 Å². The van der Waals surface area contributed by atoms with Gasteiger partial charge in [-0.05, 0) is 60.2 Å². The minimum Gasteiger partial charge on any atom is -0.457 e. The first-order valence-corrected chi connectivity index (χ1v) is 9.55. The largest absolute Gasteiger partial charge is 0.457 e. The van der Waals surface area contributed by atoms with Gasteiger partial charge in [0.05, 0.1) is 5.69 Å². The number of ether oxygens (including phenoxy) is 1. The molecule has 31 heavy (non-hydrogen) atoms. The van der Waals surface area contributed by atoms with Crippen LogP contribution in [-0.2, 0) is 6.54 Å². The van der Waals surface area contributed by atoms with Crippen molar-refractivity contribution in [3.05, 3.63) is 118 Å². The third-order valence-electron chi connectivity index (χ3n) is 4.46. The Morgan fingerprint density at radius 1 is 0.871 bits per heavy atom. The number of aromatic nitrogens is 2. The van der Waals surface area contributed by atoms with Gasteiger partial charge in [0.15, 0.2) is 0 Å². The highest BCUT2D eigenvalue weighted by molar-refractivity contribution is 5.92. The van der Waals surface area contributed by atoms with Gasteiger partial charge in [-0.1, -0.05) is 30.3 Å². The first kappa shape index (κ1) is 20.0. The fourth-order valence-electron chi connectivity index (χ4n) is 2.87. The van der Waals surface area contributed by atoms with Crippen LogP contribution in [-0.4, -0.2) is 15.7 Å². The number of nitrogens with one attached hydrogen (secondary N) is 1. The van der Waals surface area contributed by atoms with Gasteiger partial charge in [-0.15, -0.1) is 0 Å². The molecule has 4 aromatic rings. The van der Waals surface area contributed by atoms with E-state index in [0.717, 1.165) is 16.0 Å². The van der Waals surface area contributed by atoms with Crippen molar-refractivity contribution in [3.8, 4) is 17.2 Å². The molecule has 3 aromatic carbocycles. The molecule has 1 aromatic heterocycles. The molecule has 0 saturated carbocycles. The second-order valence-electron chi connectivity index (χ2n) is 6.69. The molecule has 0 fully saturated rings. The fraction of sp³-hybridized carbons (Fsp3) is 0.0417. The third-order valence-corrected chi connectivity index (χ3v) is 4.46. The number of amides is 1. The second-order valence-corrected chi connectivity index (χ2v) is 6.69. The fourth-order valence-corrected chi connectivity index (χ4v) is 2.87. The second kappa shape index (κ2) is 9.04. The van der Waals surface area contributed by atoms with E-state index in [1.165, 1.54) is 36.4 Å². The molecule has 0 aliphatic heterocycles. The standard InChI is InChI=1S/C24H18FN3O3/c25-18-8-10-19(11-9-18)28-23(29)15-14-22(27-28)24(30)26-16-17-6-12-21(13-7-17)31-20-4-2-1-3-5-20/h1-15H,16H2,(H,26,30). The predicted molar refractivity (Wildman–Crippen MR) is 114 cm³/mol. The van der Waals surface area contributed by atoms with Crippen LogP contribution in [0.5, 0.6) is 11.5 Å². The number of carbonyl (C=O) groups excluding carboxylic acids is 1. The number of halogens is 1. The van der Waals surface area contributed by atoms with Crippen molar-refractivity contribution in [2.45, 2.75) is 6.54 Å². The molecule has 0 atom stereocenters. The summed E-state index contributed by atoms with van der Waals surface area (Å²) < 4.78 is 19.9. The van der Waals surface area contributed by atoms with Crippen LogP contribution in [0, 0.1) is 5.82 Å². The van der Waals surface area contributed by atoms with Crippen molar-refractivity contribution < 1.29 is 13.9 Å². The van der Waals surface area contributed by atoms with Gasteiger partial charge in [-0.3, -0.25) is 9.59 Å². The molecule has 0 unspecified atom stereocenters. The SMILES string of the molecule is O=C(NCc1ccc(Oc2ccccc2)cc1)c1ccc(=O)n(-c2ccc(F)cc2)n1. The van der Waals surface area contributed by atoms with Crippen LogP contribution in [0.4, 0.5) is 4.39 Å². The first-order chi connectivity index (χ1) is 15.1. The number of carbonyl (C=O) groups is 1. The van der Waals surface area contributed by atoms with Gasteiger partial charge >= 0.3 is 0 Å². The summed E-state index contributed by atoms with van der Waals surface area (Å²) in [4.78, 5) is 24.6. The minimum absolute atomic E-state index is 0.0768. The van der Waals surface area contributed by atoms with E-state index in [2.05, 4.69) is 10.4 Å². The summed E-state index contributed by atoms with van der Waals surface area (Å²) in [6.07, 6.45) is 0. The Hall–Kier alpha value is -4.26. The Bertz CT molecular complexity index is 1240.